The van der Waals surface area contributed by atoms with E-state index < -0.39 is 8.32 Å². The molecule has 0 saturated carbocycles. The van der Waals surface area contributed by atoms with Gasteiger partial charge in [0.1, 0.15) is 11.5 Å². The molecule has 0 unspecified atom stereocenters. The first-order valence-electron chi connectivity index (χ1n) is 8.24. The van der Waals surface area contributed by atoms with E-state index in [9.17, 15) is 0 Å². The predicted octanol–water partition coefficient (Wildman–Crippen LogP) is 6.40. The monoisotopic (exact) mass is 386 g/mol. The lowest BCUT2D eigenvalue weighted by molar-refractivity contribution is 0.305. The molecular formula is C18H31BrO2Si. The molecule has 0 fully saturated rings. The van der Waals surface area contributed by atoms with Gasteiger partial charge >= 0.3 is 0 Å². The fourth-order valence-electron chi connectivity index (χ4n) is 1.79. The molecule has 0 aliphatic rings. The van der Waals surface area contributed by atoms with Crippen LogP contribution in [0.5, 0.6) is 11.5 Å². The van der Waals surface area contributed by atoms with Crippen LogP contribution in [0.25, 0.3) is 0 Å². The van der Waals surface area contributed by atoms with Gasteiger partial charge in [-0.3, -0.25) is 0 Å². The molecule has 22 heavy (non-hydrogen) atoms. The van der Waals surface area contributed by atoms with Gasteiger partial charge in [0.2, 0.25) is 8.32 Å². The molecule has 0 amide bonds. The fraction of sp³-hybridized carbons (Fsp3) is 0.667. The van der Waals surface area contributed by atoms with Gasteiger partial charge in [-0.25, -0.2) is 0 Å². The number of hydrogen-bond donors (Lipinski definition) is 0. The van der Waals surface area contributed by atoms with E-state index in [0.717, 1.165) is 29.9 Å². The standard InChI is InChI=1S/C18H31BrO2Si/c1-18(2,3)22(4,5)21-17-12-10-16(11-13-17)20-15-9-7-6-8-14-19/h10-13H,6-9,14-15H2,1-5H3. The Hall–Kier alpha value is -0.483. The van der Waals surface area contributed by atoms with Crippen molar-refractivity contribution in [1.82, 2.24) is 0 Å². The molecule has 1 rings (SSSR count). The number of rotatable bonds is 9. The third-order valence-electron chi connectivity index (χ3n) is 4.30. The summed E-state index contributed by atoms with van der Waals surface area (Å²) in [6.07, 6.45) is 4.88. The molecule has 0 radical (unpaired) electrons. The van der Waals surface area contributed by atoms with Gasteiger partial charge in [0.05, 0.1) is 6.61 Å². The van der Waals surface area contributed by atoms with Gasteiger partial charge in [-0.2, -0.15) is 0 Å². The van der Waals surface area contributed by atoms with E-state index in [0.29, 0.717) is 0 Å². The van der Waals surface area contributed by atoms with Crippen LogP contribution in [0.15, 0.2) is 24.3 Å². The lowest BCUT2D eigenvalue weighted by atomic mass is 10.2. The first-order chi connectivity index (χ1) is 10.3. The van der Waals surface area contributed by atoms with E-state index >= 15 is 0 Å². The van der Waals surface area contributed by atoms with Gasteiger partial charge in [0.25, 0.3) is 0 Å². The second kappa shape index (κ2) is 8.97. The van der Waals surface area contributed by atoms with Gasteiger partial charge in [-0.15, -0.1) is 0 Å². The van der Waals surface area contributed by atoms with E-state index in [4.69, 9.17) is 9.16 Å². The number of alkyl halides is 1. The Morgan fingerprint density at radius 3 is 2.00 bits per heavy atom. The third-order valence-corrected chi connectivity index (χ3v) is 9.22. The van der Waals surface area contributed by atoms with E-state index in [1.54, 1.807) is 0 Å². The molecule has 0 heterocycles. The Balaban J connectivity index is 2.40. The van der Waals surface area contributed by atoms with E-state index in [1.807, 2.05) is 24.3 Å². The molecular weight excluding hydrogens is 356 g/mol. The van der Waals surface area contributed by atoms with Crippen molar-refractivity contribution in [2.75, 3.05) is 11.9 Å². The minimum absolute atomic E-state index is 0.220. The van der Waals surface area contributed by atoms with Crippen LogP contribution in [0.1, 0.15) is 46.5 Å². The molecule has 4 heteroatoms. The molecule has 0 atom stereocenters. The maximum Gasteiger partial charge on any atom is 0.250 e. The predicted molar refractivity (Wildman–Crippen MR) is 102 cm³/mol. The maximum absolute atomic E-state index is 6.27. The normalized spacial score (nSPS) is 12.3. The molecule has 1 aromatic carbocycles. The molecule has 0 aromatic heterocycles. The highest BCUT2D eigenvalue weighted by Gasteiger charge is 2.38. The molecule has 2 nitrogen and oxygen atoms in total. The van der Waals surface area contributed by atoms with E-state index in [2.05, 4.69) is 49.8 Å². The number of halogens is 1. The van der Waals surface area contributed by atoms with Crippen molar-refractivity contribution in [3.05, 3.63) is 24.3 Å². The Morgan fingerprint density at radius 1 is 0.909 bits per heavy atom. The quantitative estimate of drug-likeness (QED) is 0.277. The molecule has 126 valence electrons. The zero-order chi connectivity index (χ0) is 16.6. The van der Waals surface area contributed by atoms with Crippen LogP contribution in [0, 0.1) is 0 Å². The van der Waals surface area contributed by atoms with Gasteiger partial charge in [0, 0.05) is 5.33 Å². The summed E-state index contributed by atoms with van der Waals surface area (Å²) in [5.41, 5.74) is 0. The minimum Gasteiger partial charge on any atom is -0.543 e. The van der Waals surface area contributed by atoms with Gasteiger partial charge in [0.15, 0.2) is 0 Å². The van der Waals surface area contributed by atoms with Gasteiger partial charge in [-0.1, -0.05) is 49.5 Å². The van der Waals surface area contributed by atoms with Crippen molar-refractivity contribution >= 4 is 24.2 Å². The van der Waals surface area contributed by atoms with Crippen molar-refractivity contribution in [3.8, 4) is 11.5 Å². The minimum atomic E-state index is -1.75. The highest BCUT2D eigenvalue weighted by atomic mass is 79.9. The van der Waals surface area contributed by atoms with Crippen molar-refractivity contribution in [1.29, 1.82) is 0 Å². The third kappa shape index (κ3) is 6.74. The molecule has 0 saturated heterocycles. The topological polar surface area (TPSA) is 18.5 Å². The Bertz CT molecular complexity index is 424. The van der Waals surface area contributed by atoms with E-state index in [1.165, 1.54) is 19.3 Å². The number of benzene rings is 1. The Labute approximate surface area is 145 Å². The zero-order valence-electron chi connectivity index (χ0n) is 14.7. The van der Waals surface area contributed by atoms with Crippen molar-refractivity contribution in [2.45, 2.75) is 64.6 Å². The summed E-state index contributed by atoms with van der Waals surface area (Å²) in [7, 11) is -1.75. The first kappa shape index (κ1) is 19.6. The largest absolute Gasteiger partial charge is 0.543 e. The first-order valence-corrected chi connectivity index (χ1v) is 12.3. The highest BCUT2D eigenvalue weighted by Crippen LogP contribution is 2.37. The number of hydrogen-bond acceptors (Lipinski definition) is 2. The second-order valence-electron chi connectivity index (χ2n) is 7.29. The molecule has 0 bridgehead atoms. The zero-order valence-corrected chi connectivity index (χ0v) is 17.3. The molecule has 0 N–H and O–H groups in total. The summed E-state index contributed by atoms with van der Waals surface area (Å²) < 4.78 is 12.1. The Kier molecular flexibility index (Phi) is 7.98. The van der Waals surface area contributed by atoms with Crippen LogP contribution >= 0.6 is 15.9 Å². The van der Waals surface area contributed by atoms with Crippen molar-refractivity contribution in [2.24, 2.45) is 0 Å². The van der Waals surface area contributed by atoms with Crippen LogP contribution in [0.4, 0.5) is 0 Å². The lowest BCUT2D eigenvalue weighted by Gasteiger charge is -2.36. The fourth-order valence-corrected chi connectivity index (χ4v) is 3.22. The summed E-state index contributed by atoms with van der Waals surface area (Å²) in [6.45, 7) is 12.1. The summed E-state index contributed by atoms with van der Waals surface area (Å²) in [5, 5.41) is 1.32. The van der Waals surface area contributed by atoms with Crippen LogP contribution in [-0.2, 0) is 0 Å². The number of unbranched alkanes of at least 4 members (excludes halogenated alkanes) is 3. The smallest absolute Gasteiger partial charge is 0.250 e. The second-order valence-corrected chi connectivity index (χ2v) is 12.8. The lowest BCUT2D eigenvalue weighted by Crippen LogP contribution is -2.43. The SMILES string of the molecule is CC(C)(C)[Si](C)(C)Oc1ccc(OCCCCCCBr)cc1. The van der Waals surface area contributed by atoms with Crippen molar-refractivity contribution < 1.29 is 9.16 Å². The summed E-state index contributed by atoms with van der Waals surface area (Å²) >= 11 is 3.45. The highest BCUT2D eigenvalue weighted by molar-refractivity contribution is 9.09. The van der Waals surface area contributed by atoms with Crippen LogP contribution in [0.3, 0.4) is 0 Å². The number of ether oxygens (including phenoxy) is 1. The van der Waals surface area contributed by atoms with Gasteiger partial charge < -0.3 is 9.16 Å². The van der Waals surface area contributed by atoms with Gasteiger partial charge in [-0.05, 0) is 55.2 Å². The van der Waals surface area contributed by atoms with E-state index in [-0.39, 0.29) is 5.04 Å². The summed E-state index contributed by atoms with van der Waals surface area (Å²) in [5.74, 6) is 1.89. The molecule has 0 spiro atoms. The van der Waals surface area contributed by atoms with Crippen LogP contribution in [-0.4, -0.2) is 20.3 Å². The average molecular weight is 387 g/mol. The van der Waals surface area contributed by atoms with Crippen molar-refractivity contribution in [3.63, 3.8) is 0 Å². The van der Waals surface area contributed by atoms with Crippen LogP contribution < -0.4 is 9.16 Å². The molecule has 0 aliphatic carbocycles. The average Bonchev–Trinajstić information content (AvgIpc) is 2.43. The summed E-state index contributed by atoms with van der Waals surface area (Å²) in [4.78, 5) is 0. The Morgan fingerprint density at radius 2 is 1.45 bits per heavy atom. The van der Waals surface area contributed by atoms with Crippen LogP contribution in [0.2, 0.25) is 18.1 Å². The molecule has 0 aliphatic heterocycles. The maximum atomic E-state index is 6.27. The summed E-state index contributed by atoms with van der Waals surface area (Å²) in [6, 6.07) is 8.09. The molecule has 1 aromatic rings.